The Morgan fingerprint density at radius 1 is 0.438 bits per heavy atom. The van der Waals surface area contributed by atoms with Crippen LogP contribution >= 0.6 is 0 Å². The van der Waals surface area contributed by atoms with Gasteiger partial charge in [0.1, 0.15) is 0 Å². The van der Waals surface area contributed by atoms with Gasteiger partial charge in [-0.3, -0.25) is 9.59 Å². The number of hydrogen-bond acceptors (Lipinski definition) is 6. The van der Waals surface area contributed by atoms with Crippen LogP contribution in [-0.4, -0.2) is 82.2 Å². The van der Waals surface area contributed by atoms with Crippen molar-refractivity contribution in [2.75, 3.05) is 65.4 Å². The average Bonchev–Trinajstić information content (AvgIpc) is 3.09. The van der Waals surface area contributed by atoms with E-state index in [2.05, 4.69) is 35.1 Å². The van der Waals surface area contributed by atoms with Crippen molar-refractivity contribution in [3.8, 4) is 0 Å². The fourth-order valence-electron chi connectivity index (χ4n) is 6.16. The fourth-order valence-corrected chi connectivity index (χ4v) is 6.16. The molecule has 0 unspecified atom stereocenters. The molecule has 8 heteroatoms. The molecule has 0 spiro atoms. The molecular weight excluding hydrogens is 596 g/mol. The van der Waals surface area contributed by atoms with E-state index in [-0.39, 0.29) is 24.9 Å². The van der Waals surface area contributed by atoms with Crippen molar-refractivity contribution in [1.29, 1.82) is 0 Å². The summed E-state index contributed by atoms with van der Waals surface area (Å²) < 4.78 is 0. The zero-order valence-electron chi connectivity index (χ0n) is 32.3. The zero-order valence-corrected chi connectivity index (χ0v) is 32.3. The number of carbonyl (C=O) groups excluding carboxylic acids is 2. The first-order valence-corrected chi connectivity index (χ1v) is 21.0. The van der Waals surface area contributed by atoms with Crippen LogP contribution < -0.4 is 27.0 Å². The molecule has 0 bridgehead atoms. The van der Waals surface area contributed by atoms with Gasteiger partial charge in [0.2, 0.25) is 11.8 Å². The standard InChI is InChI=1S/C40H84N6O2/c1-3-5-7-9-11-13-15-17-19-21-25-35-46(36-26-22-20-18-16-14-12-10-8-6-4-2)40(48)38-45-39(47)37-44-34-28-33-43-31-24-23-30-42-32-27-29-41/h42-44H,3-38,41H2,1-2H3,(H,45,47). The van der Waals surface area contributed by atoms with E-state index >= 15 is 0 Å². The van der Waals surface area contributed by atoms with Gasteiger partial charge in [-0.25, -0.2) is 0 Å². The monoisotopic (exact) mass is 681 g/mol. The van der Waals surface area contributed by atoms with Crippen molar-refractivity contribution in [1.82, 2.24) is 26.2 Å². The minimum Gasteiger partial charge on any atom is -0.346 e. The molecule has 0 saturated heterocycles. The second-order valence-electron chi connectivity index (χ2n) is 14.1. The highest BCUT2D eigenvalue weighted by Gasteiger charge is 2.14. The predicted octanol–water partition coefficient (Wildman–Crippen LogP) is 7.84. The Morgan fingerprint density at radius 2 is 0.812 bits per heavy atom. The lowest BCUT2D eigenvalue weighted by atomic mass is 10.1. The lowest BCUT2D eigenvalue weighted by Crippen LogP contribution is -2.43. The van der Waals surface area contributed by atoms with Crippen LogP contribution in [0.5, 0.6) is 0 Å². The van der Waals surface area contributed by atoms with Crippen LogP contribution in [0.1, 0.15) is 181 Å². The van der Waals surface area contributed by atoms with Crippen molar-refractivity contribution in [2.24, 2.45) is 5.73 Å². The van der Waals surface area contributed by atoms with Gasteiger partial charge in [-0.05, 0) is 77.8 Å². The summed E-state index contributed by atoms with van der Waals surface area (Å²) in [6.07, 6.45) is 33.2. The van der Waals surface area contributed by atoms with Crippen molar-refractivity contribution in [3.05, 3.63) is 0 Å². The van der Waals surface area contributed by atoms with Gasteiger partial charge in [0, 0.05) is 13.1 Å². The molecule has 0 radical (unpaired) electrons. The Labute approximate surface area is 299 Å². The Hall–Kier alpha value is -1.22. The quantitative estimate of drug-likeness (QED) is 0.0422. The van der Waals surface area contributed by atoms with Crippen molar-refractivity contribution in [2.45, 2.75) is 181 Å². The first-order chi connectivity index (χ1) is 23.7. The van der Waals surface area contributed by atoms with E-state index < -0.39 is 0 Å². The number of hydrogen-bond donors (Lipinski definition) is 5. The third-order valence-electron chi connectivity index (χ3n) is 9.36. The highest BCUT2D eigenvalue weighted by Crippen LogP contribution is 2.13. The van der Waals surface area contributed by atoms with Crippen LogP contribution in [0.25, 0.3) is 0 Å². The number of amides is 2. The predicted molar refractivity (Wildman–Crippen MR) is 209 cm³/mol. The summed E-state index contributed by atoms with van der Waals surface area (Å²) in [6, 6.07) is 0. The molecule has 6 N–H and O–H groups in total. The first-order valence-electron chi connectivity index (χ1n) is 21.0. The molecule has 0 fully saturated rings. The topological polar surface area (TPSA) is 112 Å². The summed E-state index contributed by atoms with van der Waals surface area (Å²) in [4.78, 5) is 27.6. The third kappa shape index (κ3) is 36.1. The van der Waals surface area contributed by atoms with Crippen LogP contribution in [0.15, 0.2) is 0 Å². The summed E-state index contributed by atoms with van der Waals surface area (Å²) in [7, 11) is 0. The second-order valence-corrected chi connectivity index (χ2v) is 14.1. The van der Waals surface area contributed by atoms with E-state index in [9.17, 15) is 9.59 Å². The van der Waals surface area contributed by atoms with Gasteiger partial charge in [0.15, 0.2) is 0 Å². The maximum atomic E-state index is 13.1. The highest BCUT2D eigenvalue weighted by molar-refractivity contribution is 5.85. The van der Waals surface area contributed by atoms with Crippen LogP contribution in [0.4, 0.5) is 0 Å². The van der Waals surface area contributed by atoms with Gasteiger partial charge in [0.05, 0.1) is 13.1 Å². The fraction of sp³-hybridized carbons (Fsp3) is 0.950. The first kappa shape index (κ1) is 46.8. The highest BCUT2D eigenvalue weighted by atomic mass is 16.2. The Bertz CT molecular complexity index is 640. The largest absolute Gasteiger partial charge is 0.346 e. The maximum absolute atomic E-state index is 13.1. The molecule has 48 heavy (non-hydrogen) atoms. The third-order valence-corrected chi connectivity index (χ3v) is 9.36. The maximum Gasteiger partial charge on any atom is 0.241 e. The number of unbranched alkanes of at least 4 members (excludes halogenated alkanes) is 21. The van der Waals surface area contributed by atoms with Crippen LogP contribution in [0, 0.1) is 0 Å². The van der Waals surface area contributed by atoms with Gasteiger partial charge >= 0.3 is 0 Å². The molecule has 0 aliphatic heterocycles. The molecule has 8 nitrogen and oxygen atoms in total. The number of carbonyl (C=O) groups is 2. The van der Waals surface area contributed by atoms with Gasteiger partial charge in [-0.1, -0.05) is 142 Å². The van der Waals surface area contributed by atoms with E-state index in [1.807, 2.05) is 4.90 Å². The molecule has 0 aromatic heterocycles. The second kappa shape index (κ2) is 40.2. The average molecular weight is 681 g/mol. The molecular formula is C40H84N6O2. The zero-order chi connectivity index (χ0) is 35.0. The molecule has 286 valence electrons. The molecule has 0 aromatic carbocycles. The van der Waals surface area contributed by atoms with Gasteiger partial charge in [-0.2, -0.15) is 0 Å². The SMILES string of the molecule is CCCCCCCCCCCCCN(CCCCCCCCCCCCC)C(=O)CNC(=O)CNCCCNCCCCNCCCN. The van der Waals surface area contributed by atoms with Gasteiger partial charge in [0.25, 0.3) is 0 Å². The van der Waals surface area contributed by atoms with E-state index in [0.29, 0.717) is 0 Å². The molecule has 0 atom stereocenters. The van der Waals surface area contributed by atoms with Crippen LogP contribution in [0.2, 0.25) is 0 Å². The number of rotatable bonds is 40. The molecule has 0 heterocycles. The molecule has 0 aliphatic rings. The Morgan fingerprint density at radius 3 is 1.25 bits per heavy atom. The van der Waals surface area contributed by atoms with Crippen LogP contribution in [0.3, 0.4) is 0 Å². The molecule has 0 saturated carbocycles. The molecule has 2 amide bonds. The normalized spacial score (nSPS) is 11.3. The number of nitrogens with two attached hydrogens (primary N) is 1. The van der Waals surface area contributed by atoms with E-state index in [1.165, 1.54) is 135 Å². The Balaban J connectivity index is 4.15. The molecule has 0 aliphatic carbocycles. The lowest BCUT2D eigenvalue weighted by Gasteiger charge is -2.23. The number of nitrogens with zero attached hydrogens (tertiary/aromatic N) is 1. The summed E-state index contributed by atoms with van der Waals surface area (Å²) in [5.41, 5.74) is 5.51. The summed E-state index contributed by atoms with van der Waals surface area (Å²) in [6.45, 7) is 12.1. The minimum absolute atomic E-state index is 0.0706. The molecule has 0 aromatic rings. The summed E-state index contributed by atoms with van der Waals surface area (Å²) >= 11 is 0. The smallest absolute Gasteiger partial charge is 0.241 e. The van der Waals surface area contributed by atoms with Gasteiger partial charge in [-0.15, -0.1) is 0 Å². The Kier molecular flexibility index (Phi) is 39.2. The number of nitrogens with one attached hydrogen (secondary N) is 4. The lowest BCUT2D eigenvalue weighted by molar-refractivity contribution is -0.132. The van der Waals surface area contributed by atoms with Gasteiger partial charge < -0.3 is 31.9 Å². The van der Waals surface area contributed by atoms with E-state index in [1.54, 1.807) is 0 Å². The van der Waals surface area contributed by atoms with Crippen molar-refractivity contribution >= 4 is 11.8 Å². The van der Waals surface area contributed by atoms with Crippen molar-refractivity contribution in [3.63, 3.8) is 0 Å². The van der Waals surface area contributed by atoms with Crippen LogP contribution in [-0.2, 0) is 9.59 Å². The van der Waals surface area contributed by atoms with E-state index in [4.69, 9.17) is 5.73 Å². The van der Waals surface area contributed by atoms with Crippen molar-refractivity contribution < 1.29 is 9.59 Å². The summed E-state index contributed by atoms with van der Waals surface area (Å²) in [5, 5.41) is 13.0. The summed E-state index contributed by atoms with van der Waals surface area (Å²) in [5.74, 6) is -0.0240. The minimum atomic E-state index is -0.0946. The van der Waals surface area contributed by atoms with E-state index in [0.717, 1.165) is 84.5 Å². The molecule has 0 rings (SSSR count).